The summed E-state index contributed by atoms with van der Waals surface area (Å²) in [6.45, 7) is 2.10. The Morgan fingerprint density at radius 3 is 2.71 bits per heavy atom. The fourth-order valence-electron chi connectivity index (χ4n) is 2.42. The van der Waals surface area contributed by atoms with Crippen LogP contribution in [0, 0.1) is 6.92 Å². The molecule has 3 aromatic rings. The van der Waals surface area contributed by atoms with E-state index in [2.05, 4.69) is 46.7 Å². The number of nitrogens with zero attached hydrogens (tertiary/aromatic N) is 3. The average molecular weight is 279 g/mol. The molecule has 0 spiro atoms. The highest BCUT2D eigenvalue weighted by Gasteiger charge is 2.09. The second-order valence-corrected chi connectivity index (χ2v) is 4.89. The maximum absolute atomic E-state index is 5.05. The fraction of sp³-hybridized carbons (Fsp3) is 0.176. The Morgan fingerprint density at radius 1 is 1.19 bits per heavy atom. The lowest BCUT2D eigenvalue weighted by atomic mass is 10.1. The van der Waals surface area contributed by atoms with Crippen LogP contribution in [0.1, 0.15) is 11.3 Å². The number of fused-ring (bicyclic) bond motifs is 1. The number of hydrogen-bond donors (Lipinski definition) is 0. The standard InChI is InChI=1S/C17H17N3O/c1-12-15(14-6-4-5-7-16(14)20(12)2)11-18-13-8-9-17(21-3)19-10-13/h4-11H,1-3H3. The maximum Gasteiger partial charge on any atom is 0.213 e. The highest BCUT2D eigenvalue weighted by Crippen LogP contribution is 2.24. The smallest absolute Gasteiger partial charge is 0.213 e. The van der Waals surface area contributed by atoms with E-state index in [0.29, 0.717) is 5.88 Å². The normalized spacial score (nSPS) is 11.4. The Bertz CT molecular complexity index is 801. The predicted octanol–water partition coefficient (Wildman–Crippen LogP) is 3.64. The van der Waals surface area contributed by atoms with Crippen molar-refractivity contribution in [2.45, 2.75) is 6.92 Å². The van der Waals surface area contributed by atoms with Gasteiger partial charge in [0.15, 0.2) is 0 Å². The van der Waals surface area contributed by atoms with Crippen LogP contribution >= 0.6 is 0 Å². The molecule has 0 amide bonds. The van der Waals surface area contributed by atoms with E-state index in [-0.39, 0.29) is 0 Å². The molecule has 0 N–H and O–H groups in total. The van der Waals surface area contributed by atoms with Crippen molar-refractivity contribution in [3.05, 3.63) is 53.9 Å². The van der Waals surface area contributed by atoms with E-state index in [1.54, 1.807) is 13.3 Å². The number of rotatable bonds is 3. The highest BCUT2D eigenvalue weighted by molar-refractivity contribution is 6.01. The molecular weight excluding hydrogens is 262 g/mol. The third-order valence-electron chi connectivity index (χ3n) is 3.72. The van der Waals surface area contributed by atoms with Crippen LogP contribution < -0.4 is 4.74 Å². The fourth-order valence-corrected chi connectivity index (χ4v) is 2.42. The van der Waals surface area contributed by atoms with Gasteiger partial charge in [0.1, 0.15) is 0 Å². The number of hydrogen-bond acceptors (Lipinski definition) is 3. The van der Waals surface area contributed by atoms with E-state index in [1.807, 2.05) is 24.4 Å². The lowest BCUT2D eigenvalue weighted by molar-refractivity contribution is 0.398. The summed E-state index contributed by atoms with van der Waals surface area (Å²) in [5.74, 6) is 0.593. The van der Waals surface area contributed by atoms with Crippen LogP contribution in [0.2, 0.25) is 0 Å². The number of para-hydroxylation sites is 1. The van der Waals surface area contributed by atoms with Crippen LogP contribution in [-0.4, -0.2) is 22.9 Å². The molecule has 0 aliphatic heterocycles. The summed E-state index contributed by atoms with van der Waals surface area (Å²) in [5, 5.41) is 1.21. The zero-order valence-corrected chi connectivity index (χ0v) is 12.4. The first-order valence-electron chi connectivity index (χ1n) is 6.79. The van der Waals surface area contributed by atoms with E-state index in [0.717, 1.165) is 11.3 Å². The van der Waals surface area contributed by atoms with E-state index in [4.69, 9.17) is 4.74 Å². The molecule has 1 aromatic carbocycles. The first-order chi connectivity index (χ1) is 10.2. The van der Waals surface area contributed by atoms with Crippen molar-refractivity contribution in [3.63, 3.8) is 0 Å². The van der Waals surface area contributed by atoms with Crippen LogP contribution in [0.3, 0.4) is 0 Å². The van der Waals surface area contributed by atoms with E-state index in [1.165, 1.54) is 16.6 Å². The Balaban J connectivity index is 2.01. The molecule has 0 radical (unpaired) electrons. The Labute approximate surface area is 123 Å². The number of aromatic nitrogens is 2. The Kier molecular flexibility index (Phi) is 3.44. The van der Waals surface area contributed by atoms with Gasteiger partial charge in [0.05, 0.1) is 19.0 Å². The molecule has 0 unspecified atom stereocenters. The van der Waals surface area contributed by atoms with Crippen LogP contribution in [0.5, 0.6) is 5.88 Å². The van der Waals surface area contributed by atoms with Crippen molar-refractivity contribution in [2.75, 3.05) is 7.11 Å². The highest BCUT2D eigenvalue weighted by atomic mass is 16.5. The molecule has 4 nitrogen and oxygen atoms in total. The molecule has 21 heavy (non-hydrogen) atoms. The largest absolute Gasteiger partial charge is 0.481 e. The molecule has 0 aliphatic carbocycles. The summed E-state index contributed by atoms with van der Waals surface area (Å²) in [6, 6.07) is 12.0. The maximum atomic E-state index is 5.05. The zero-order chi connectivity index (χ0) is 14.8. The Morgan fingerprint density at radius 2 is 2.00 bits per heavy atom. The van der Waals surface area contributed by atoms with Gasteiger partial charge in [0.2, 0.25) is 5.88 Å². The lowest BCUT2D eigenvalue weighted by Gasteiger charge is -1.99. The minimum atomic E-state index is 0.593. The third kappa shape index (κ3) is 2.40. The second kappa shape index (κ2) is 5.40. The van der Waals surface area contributed by atoms with Crippen molar-refractivity contribution >= 4 is 22.8 Å². The topological polar surface area (TPSA) is 39.4 Å². The van der Waals surface area contributed by atoms with E-state index >= 15 is 0 Å². The first kappa shape index (κ1) is 13.4. The van der Waals surface area contributed by atoms with Gasteiger partial charge in [-0.05, 0) is 19.1 Å². The monoisotopic (exact) mass is 279 g/mol. The molecule has 0 fully saturated rings. The molecular formula is C17H17N3O. The van der Waals surface area contributed by atoms with E-state index in [9.17, 15) is 0 Å². The predicted molar refractivity (Wildman–Crippen MR) is 85.7 cm³/mol. The number of benzene rings is 1. The van der Waals surface area contributed by atoms with Gasteiger partial charge in [-0.25, -0.2) is 4.98 Å². The molecule has 0 saturated carbocycles. The van der Waals surface area contributed by atoms with Gasteiger partial charge >= 0.3 is 0 Å². The summed E-state index contributed by atoms with van der Waals surface area (Å²) in [4.78, 5) is 8.68. The SMILES string of the molecule is COc1ccc(N=Cc2c(C)n(C)c3ccccc23)cn1. The average Bonchev–Trinajstić information content (AvgIpc) is 2.78. The van der Waals surface area contributed by atoms with E-state index < -0.39 is 0 Å². The van der Waals surface area contributed by atoms with Crippen LogP contribution in [0.15, 0.2) is 47.6 Å². The zero-order valence-electron chi connectivity index (χ0n) is 12.4. The van der Waals surface area contributed by atoms with Crippen molar-refractivity contribution in [1.29, 1.82) is 0 Å². The van der Waals surface area contributed by atoms with Crippen LogP contribution in [0.4, 0.5) is 5.69 Å². The summed E-state index contributed by atoms with van der Waals surface area (Å²) in [5.41, 5.74) is 4.36. The second-order valence-electron chi connectivity index (χ2n) is 4.89. The van der Waals surface area contributed by atoms with Gasteiger partial charge in [0.25, 0.3) is 0 Å². The number of pyridine rings is 1. The van der Waals surface area contributed by atoms with Gasteiger partial charge < -0.3 is 9.30 Å². The number of ether oxygens (including phenoxy) is 1. The molecule has 0 aliphatic rings. The van der Waals surface area contributed by atoms with Crippen molar-refractivity contribution in [3.8, 4) is 5.88 Å². The number of methoxy groups -OCH3 is 1. The third-order valence-corrected chi connectivity index (χ3v) is 3.72. The molecule has 0 atom stereocenters. The quantitative estimate of drug-likeness (QED) is 0.687. The van der Waals surface area contributed by atoms with Gasteiger partial charge in [-0.15, -0.1) is 0 Å². The summed E-state index contributed by atoms with van der Waals surface area (Å²) in [7, 11) is 3.68. The van der Waals surface area contributed by atoms with Gasteiger partial charge in [-0.3, -0.25) is 4.99 Å². The minimum Gasteiger partial charge on any atom is -0.481 e. The van der Waals surface area contributed by atoms with Gasteiger partial charge in [-0.2, -0.15) is 0 Å². The van der Waals surface area contributed by atoms with Gasteiger partial charge in [-0.1, -0.05) is 18.2 Å². The number of aliphatic imine (C=N–C) groups is 1. The molecule has 2 aromatic heterocycles. The summed E-state index contributed by atoms with van der Waals surface area (Å²) >= 11 is 0. The lowest BCUT2D eigenvalue weighted by Crippen LogP contribution is -1.91. The van der Waals surface area contributed by atoms with Crippen molar-refractivity contribution in [1.82, 2.24) is 9.55 Å². The molecule has 106 valence electrons. The molecule has 0 saturated heterocycles. The van der Waals surface area contributed by atoms with Gasteiger partial charge in [0, 0.05) is 41.5 Å². The Hall–Kier alpha value is -2.62. The molecule has 4 heteroatoms. The van der Waals surface area contributed by atoms with Crippen LogP contribution in [0.25, 0.3) is 10.9 Å². The molecule has 2 heterocycles. The molecule has 0 bridgehead atoms. The summed E-state index contributed by atoms with van der Waals surface area (Å²) in [6.07, 6.45) is 3.61. The first-order valence-corrected chi connectivity index (χ1v) is 6.79. The summed E-state index contributed by atoms with van der Waals surface area (Å²) < 4.78 is 7.23. The van der Waals surface area contributed by atoms with Crippen molar-refractivity contribution in [2.24, 2.45) is 12.0 Å². The van der Waals surface area contributed by atoms with Crippen molar-refractivity contribution < 1.29 is 4.74 Å². The molecule has 3 rings (SSSR count). The minimum absolute atomic E-state index is 0.593. The number of aryl methyl sites for hydroxylation is 1. The van der Waals surface area contributed by atoms with Crippen LogP contribution in [-0.2, 0) is 7.05 Å².